The van der Waals surface area contributed by atoms with Gasteiger partial charge in [-0.15, -0.1) is 0 Å². The van der Waals surface area contributed by atoms with Crippen molar-refractivity contribution in [3.05, 3.63) is 18.3 Å². The number of hydrogen-bond acceptors (Lipinski definition) is 7. The molecule has 4 amide bonds. The quantitative estimate of drug-likeness (QED) is 0.729. The van der Waals surface area contributed by atoms with Crippen molar-refractivity contribution in [1.29, 1.82) is 0 Å². The summed E-state index contributed by atoms with van der Waals surface area (Å²) >= 11 is 1.55. The molecule has 1 aliphatic carbocycles. The highest BCUT2D eigenvalue weighted by atomic mass is 32.1. The van der Waals surface area contributed by atoms with Crippen LogP contribution in [0.3, 0.4) is 0 Å². The fourth-order valence-electron chi connectivity index (χ4n) is 4.69. The average molecular weight is 443 g/mol. The third-order valence-electron chi connectivity index (χ3n) is 6.73. The van der Waals surface area contributed by atoms with Gasteiger partial charge >= 0.3 is 6.03 Å². The second kappa shape index (κ2) is 7.74. The van der Waals surface area contributed by atoms with Gasteiger partial charge in [-0.3, -0.25) is 14.5 Å². The van der Waals surface area contributed by atoms with Crippen molar-refractivity contribution in [3.63, 3.8) is 0 Å². The van der Waals surface area contributed by atoms with Gasteiger partial charge in [-0.1, -0.05) is 18.3 Å². The molecule has 0 bridgehead atoms. The topological polar surface area (TPSA) is 98.7 Å². The molecule has 31 heavy (non-hydrogen) atoms. The first-order valence-electron chi connectivity index (χ1n) is 10.8. The number of urea groups is 1. The van der Waals surface area contributed by atoms with E-state index in [0.717, 1.165) is 33.2 Å². The molecule has 2 aromatic rings. The van der Waals surface area contributed by atoms with E-state index >= 15 is 0 Å². The zero-order valence-electron chi connectivity index (χ0n) is 17.5. The number of nitrogens with zero attached hydrogens (tertiary/aromatic N) is 5. The molecule has 4 heterocycles. The lowest BCUT2D eigenvalue weighted by atomic mass is 9.77. The van der Waals surface area contributed by atoms with Crippen LogP contribution in [0.2, 0.25) is 0 Å². The minimum atomic E-state index is -0.802. The minimum absolute atomic E-state index is 0.185. The van der Waals surface area contributed by atoms with E-state index in [4.69, 9.17) is 0 Å². The van der Waals surface area contributed by atoms with Gasteiger partial charge in [0.15, 0.2) is 5.13 Å². The van der Waals surface area contributed by atoms with Crippen LogP contribution in [-0.2, 0) is 9.59 Å². The van der Waals surface area contributed by atoms with Crippen molar-refractivity contribution in [2.24, 2.45) is 5.92 Å². The largest absolute Gasteiger partial charge is 0.344 e. The molecule has 1 spiro atoms. The fourth-order valence-corrected chi connectivity index (χ4v) is 5.65. The molecule has 9 nitrogen and oxygen atoms in total. The van der Waals surface area contributed by atoms with Gasteiger partial charge in [-0.05, 0) is 43.7 Å². The van der Waals surface area contributed by atoms with Crippen LogP contribution in [0.5, 0.6) is 0 Å². The lowest BCUT2D eigenvalue weighted by molar-refractivity contribution is -0.139. The van der Waals surface area contributed by atoms with Crippen LogP contribution in [0.25, 0.3) is 10.3 Å². The molecular weight excluding hydrogens is 416 g/mol. The Balaban J connectivity index is 1.19. The van der Waals surface area contributed by atoms with Crippen LogP contribution in [0.1, 0.15) is 32.6 Å². The van der Waals surface area contributed by atoms with Crippen LogP contribution in [-0.4, -0.2) is 75.9 Å². The molecule has 0 atom stereocenters. The summed E-state index contributed by atoms with van der Waals surface area (Å²) in [6.45, 7) is 4.37. The first-order valence-corrected chi connectivity index (χ1v) is 11.7. The third-order valence-corrected chi connectivity index (χ3v) is 7.77. The fraction of sp³-hybridized carbons (Fsp3) is 0.571. The van der Waals surface area contributed by atoms with Crippen LogP contribution >= 0.6 is 11.3 Å². The highest BCUT2D eigenvalue weighted by Gasteiger charge is 2.52. The molecule has 0 aromatic carbocycles. The van der Waals surface area contributed by atoms with E-state index in [9.17, 15) is 14.4 Å². The molecule has 2 aromatic heterocycles. The summed E-state index contributed by atoms with van der Waals surface area (Å²) in [5.74, 6) is 0.141. The zero-order valence-corrected chi connectivity index (χ0v) is 18.4. The van der Waals surface area contributed by atoms with Gasteiger partial charge in [0.25, 0.3) is 5.91 Å². The van der Waals surface area contributed by atoms with Gasteiger partial charge < -0.3 is 15.1 Å². The van der Waals surface area contributed by atoms with Gasteiger partial charge in [0, 0.05) is 32.4 Å². The number of pyridine rings is 1. The maximum atomic E-state index is 13.0. The van der Waals surface area contributed by atoms with Crippen molar-refractivity contribution >= 4 is 44.7 Å². The Bertz CT molecular complexity index is 990. The molecule has 3 fully saturated rings. The first-order chi connectivity index (χ1) is 14.9. The summed E-state index contributed by atoms with van der Waals surface area (Å²) < 4.78 is 0. The number of anilines is 1. The van der Waals surface area contributed by atoms with Crippen LogP contribution in [0.15, 0.2) is 18.3 Å². The molecule has 5 rings (SSSR count). The number of carbonyl (C=O) groups is 3. The number of carbonyl (C=O) groups excluding carboxylic acids is 3. The minimum Gasteiger partial charge on any atom is -0.344 e. The number of piperazine rings is 1. The molecule has 1 saturated carbocycles. The van der Waals surface area contributed by atoms with Crippen molar-refractivity contribution in [3.8, 4) is 0 Å². The summed E-state index contributed by atoms with van der Waals surface area (Å²) in [5.41, 5.74) is 0.0781. The Hall–Kier alpha value is -2.75. The number of rotatable bonds is 3. The number of imide groups is 1. The SMILES string of the molecule is CC1CCC2(CC1)NC(=O)N(CC(=O)N1CCN(c3nc4cccnc4s3)CC1)C2=O. The normalized spacial score (nSPS) is 26.7. The standard InChI is InChI=1S/C21H26N6O3S/c1-14-4-6-21(7-5-14)18(29)27(19(30)24-21)13-16(28)25-9-11-26(12-10-25)20-23-15-3-2-8-22-17(15)31-20/h2-3,8,14H,4-7,9-13H2,1H3,(H,24,30). The maximum Gasteiger partial charge on any atom is 0.325 e. The molecule has 2 saturated heterocycles. The highest BCUT2D eigenvalue weighted by Crippen LogP contribution is 2.36. The van der Waals surface area contributed by atoms with Gasteiger partial charge in [-0.25, -0.2) is 14.8 Å². The van der Waals surface area contributed by atoms with Gasteiger partial charge in [0.2, 0.25) is 5.91 Å². The number of thiazole rings is 1. The monoisotopic (exact) mass is 442 g/mol. The van der Waals surface area contributed by atoms with Crippen molar-refractivity contribution < 1.29 is 14.4 Å². The first kappa shape index (κ1) is 20.2. The smallest absolute Gasteiger partial charge is 0.325 e. The average Bonchev–Trinajstić information content (AvgIpc) is 3.31. The zero-order chi connectivity index (χ0) is 21.6. The Morgan fingerprint density at radius 1 is 1.23 bits per heavy atom. The summed E-state index contributed by atoms with van der Waals surface area (Å²) in [4.78, 5) is 53.2. The Labute approximate surface area is 184 Å². The number of amides is 4. The maximum absolute atomic E-state index is 13.0. The molecule has 1 N–H and O–H groups in total. The second-order valence-electron chi connectivity index (χ2n) is 8.78. The number of nitrogens with one attached hydrogen (secondary N) is 1. The number of hydrogen-bond donors (Lipinski definition) is 1. The van der Waals surface area contributed by atoms with Crippen LogP contribution in [0.4, 0.5) is 9.93 Å². The van der Waals surface area contributed by atoms with E-state index in [-0.39, 0.29) is 18.4 Å². The predicted molar refractivity (Wildman–Crippen MR) is 117 cm³/mol. The van der Waals surface area contributed by atoms with E-state index in [1.165, 1.54) is 0 Å². The lowest BCUT2D eigenvalue weighted by Gasteiger charge is -2.35. The predicted octanol–water partition coefficient (Wildman–Crippen LogP) is 1.84. The van der Waals surface area contributed by atoms with E-state index in [1.807, 2.05) is 12.1 Å². The van der Waals surface area contributed by atoms with Gasteiger partial charge in [-0.2, -0.15) is 0 Å². The summed E-state index contributed by atoms with van der Waals surface area (Å²) in [6, 6.07) is 3.38. The van der Waals surface area contributed by atoms with Crippen molar-refractivity contribution in [1.82, 2.24) is 25.1 Å². The summed E-state index contributed by atoms with van der Waals surface area (Å²) in [6.07, 6.45) is 4.89. The van der Waals surface area contributed by atoms with E-state index in [2.05, 4.69) is 27.1 Å². The summed E-state index contributed by atoms with van der Waals surface area (Å²) in [7, 11) is 0. The molecule has 164 valence electrons. The molecule has 2 aliphatic heterocycles. The molecule has 10 heteroatoms. The number of aromatic nitrogens is 2. The van der Waals surface area contributed by atoms with E-state index in [0.29, 0.717) is 44.9 Å². The molecular formula is C21H26N6O3S. The van der Waals surface area contributed by atoms with E-state index in [1.54, 1.807) is 22.4 Å². The molecule has 3 aliphatic rings. The molecule has 0 radical (unpaired) electrons. The molecule has 0 unspecified atom stereocenters. The Morgan fingerprint density at radius 3 is 2.68 bits per heavy atom. The van der Waals surface area contributed by atoms with Crippen LogP contribution in [0, 0.1) is 5.92 Å². The second-order valence-corrected chi connectivity index (χ2v) is 9.73. The third kappa shape index (κ3) is 3.62. The van der Waals surface area contributed by atoms with Crippen molar-refractivity contribution in [2.45, 2.75) is 38.1 Å². The number of fused-ring (bicyclic) bond motifs is 1. The van der Waals surface area contributed by atoms with Gasteiger partial charge in [0.1, 0.15) is 22.4 Å². The van der Waals surface area contributed by atoms with Crippen LogP contribution < -0.4 is 10.2 Å². The van der Waals surface area contributed by atoms with Gasteiger partial charge in [0.05, 0.1) is 0 Å². The Kier molecular flexibility index (Phi) is 5.04. The lowest BCUT2D eigenvalue weighted by Crippen LogP contribution is -2.52. The Morgan fingerprint density at radius 2 is 1.97 bits per heavy atom. The summed E-state index contributed by atoms with van der Waals surface area (Å²) in [5, 5.41) is 3.79. The highest BCUT2D eigenvalue weighted by molar-refractivity contribution is 7.21. The van der Waals surface area contributed by atoms with E-state index < -0.39 is 11.6 Å². The van der Waals surface area contributed by atoms with Crippen molar-refractivity contribution in [2.75, 3.05) is 37.6 Å².